The summed E-state index contributed by atoms with van der Waals surface area (Å²) in [6.07, 6.45) is 2.85. The average Bonchev–Trinajstić information content (AvgIpc) is 3.01. The van der Waals surface area contributed by atoms with Gasteiger partial charge in [-0.05, 0) is 48.6 Å². The van der Waals surface area contributed by atoms with Crippen molar-refractivity contribution in [3.8, 4) is 0 Å². The summed E-state index contributed by atoms with van der Waals surface area (Å²) >= 11 is 3.11. The molecule has 1 heterocycles. The Bertz CT molecular complexity index is 767. The first kappa shape index (κ1) is 15.9. The van der Waals surface area contributed by atoms with Crippen LogP contribution < -0.4 is 9.66 Å². The van der Waals surface area contributed by atoms with Gasteiger partial charge in [0.1, 0.15) is 5.82 Å². The van der Waals surface area contributed by atoms with Crippen LogP contribution in [0.25, 0.3) is 0 Å². The SMILES string of the molecule is O=C(NCc1ccc(F)c(F)c1)c1cc2c(nc1NBr)CCC2. The van der Waals surface area contributed by atoms with E-state index in [1.165, 1.54) is 6.07 Å². The van der Waals surface area contributed by atoms with E-state index in [-0.39, 0.29) is 12.5 Å². The number of anilines is 1. The summed E-state index contributed by atoms with van der Waals surface area (Å²) < 4.78 is 28.8. The molecular weight excluding hydrogens is 368 g/mol. The van der Waals surface area contributed by atoms with Crippen molar-refractivity contribution in [2.24, 2.45) is 0 Å². The molecule has 1 aliphatic carbocycles. The van der Waals surface area contributed by atoms with Crippen LogP contribution in [-0.2, 0) is 19.4 Å². The molecule has 0 saturated heterocycles. The molecule has 1 aromatic heterocycles. The molecule has 120 valence electrons. The maximum atomic E-state index is 13.2. The summed E-state index contributed by atoms with van der Waals surface area (Å²) in [6.45, 7) is 0.106. The number of halogens is 3. The number of pyridine rings is 1. The van der Waals surface area contributed by atoms with E-state index < -0.39 is 11.6 Å². The van der Waals surface area contributed by atoms with Crippen LogP contribution >= 0.6 is 16.1 Å². The summed E-state index contributed by atoms with van der Waals surface area (Å²) in [4.78, 5) is 16.8. The Hall–Kier alpha value is -2.02. The lowest BCUT2D eigenvalue weighted by Gasteiger charge is -2.11. The van der Waals surface area contributed by atoms with E-state index in [2.05, 4.69) is 30.8 Å². The van der Waals surface area contributed by atoms with E-state index in [4.69, 9.17) is 0 Å². The largest absolute Gasteiger partial charge is 0.348 e. The van der Waals surface area contributed by atoms with Gasteiger partial charge in [0.25, 0.3) is 5.91 Å². The Labute approximate surface area is 140 Å². The number of aromatic nitrogens is 1. The molecule has 0 atom stereocenters. The minimum Gasteiger partial charge on any atom is -0.348 e. The molecule has 0 unspecified atom stereocenters. The summed E-state index contributed by atoms with van der Waals surface area (Å²) in [5.41, 5.74) is 2.99. The first-order valence-corrected chi connectivity index (χ1v) is 7.99. The van der Waals surface area contributed by atoms with Crippen LogP contribution in [0.15, 0.2) is 24.3 Å². The topological polar surface area (TPSA) is 54.0 Å². The third-order valence-corrected chi connectivity index (χ3v) is 4.20. The summed E-state index contributed by atoms with van der Waals surface area (Å²) in [5, 5.41) is 2.70. The van der Waals surface area contributed by atoms with Gasteiger partial charge in [0.15, 0.2) is 11.6 Å². The fourth-order valence-corrected chi connectivity index (χ4v) is 2.95. The molecule has 1 amide bonds. The monoisotopic (exact) mass is 381 g/mol. The second-order valence-corrected chi connectivity index (χ2v) is 5.77. The fourth-order valence-electron chi connectivity index (χ4n) is 2.64. The molecule has 3 rings (SSSR count). The van der Waals surface area contributed by atoms with Crippen molar-refractivity contribution >= 4 is 27.9 Å². The van der Waals surface area contributed by atoms with Crippen LogP contribution in [0.5, 0.6) is 0 Å². The van der Waals surface area contributed by atoms with Gasteiger partial charge in [0.05, 0.1) is 5.56 Å². The zero-order valence-corrected chi connectivity index (χ0v) is 13.7. The number of hydrogen-bond acceptors (Lipinski definition) is 3. The summed E-state index contributed by atoms with van der Waals surface area (Å²) in [5.74, 6) is -1.71. The highest BCUT2D eigenvalue weighted by atomic mass is 79.9. The van der Waals surface area contributed by atoms with Gasteiger partial charge in [-0.2, -0.15) is 0 Å². The maximum absolute atomic E-state index is 13.2. The van der Waals surface area contributed by atoms with Crippen molar-refractivity contribution < 1.29 is 13.6 Å². The number of rotatable bonds is 4. The molecule has 7 heteroatoms. The number of nitrogens with zero attached hydrogens (tertiary/aromatic N) is 1. The number of amides is 1. The van der Waals surface area contributed by atoms with Crippen molar-refractivity contribution in [1.82, 2.24) is 10.3 Å². The number of hydrogen-bond donors (Lipinski definition) is 2. The zero-order valence-electron chi connectivity index (χ0n) is 12.1. The van der Waals surface area contributed by atoms with E-state index in [1.54, 1.807) is 0 Å². The second kappa shape index (κ2) is 6.62. The quantitative estimate of drug-likeness (QED) is 0.796. The lowest BCUT2D eigenvalue weighted by Crippen LogP contribution is -2.24. The number of nitrogens with one attached hydrogen (secondary N) is 2. The third-order valence-electron chi connectivity index (χ3n) is 3.82. The first-order valence-electron chi connectivity index (χ1n) is 7.20. The van der Waals surface area contributed by atoms with Crippen LogP contribution in [0.2, 0.25) is 0 Å². The van der Waals surface area contributed by atoms with Gasteiger partial charge in [-0.25, -0.2) is 13.8 Å². The number of carbonyl (C=O) groups excluding carboxylic acids is 1. The Kier molecular flexibility index (Phi) is 4.56. The number of aryl methyl sites for hydroxylation is 2. The van der Waals surface area contributed by atoms with E-state index in [0.717, 1.165) is 42.7 Å². The van der Waals surface area contributed by atoms with Crippen molar-refractivity contribution in [3.63, 3.8) is 0 Å². The molecule has 0 spiro atoms. The Morgan fingerprint density at radius 1 is 1.22 bits per heavy atom. The predicted molar refractivity (Wildman–Crippen MR) is 86.3 cm³/mol. The third kappa shape index (κ3) is 3.34. The minimum atomic E-state index is -0.932. The highest BCUT2D eigenvalue weighted by Crippen LogP contribution is 2.26. The molecule has 4 nitrogen and oxygen atoms in total. The Morgan fingerprint density at radius 3 is 2.78 bits per heavy atom. The van der Waals surface area contributed by atoms with E-state index in [1.807, 2.05) is 6.07 Å². The predicted octanol–water partition coefficient (Wildman–Crippen LogP) is 3.50. The molecular formula is C16H14BrF2N3O. The first-order chi connectivity index (χ1) is 11.1. The molecule has 0 fully saturated rings. The number of carbonyl (C=O) groups is 1. The normalized spacial score (nSPS) is 12.8. The molecule has 2 aromatic rings. The van der Waals surface area contributed by atoms with Crippen molar-refractivity contribution in [2.45, 2.75) is 25.8 Å². The van der Waals surface area contributed by atoms with Gasteiger partial charge in [0, 0.05) is 28.4 Å². The molecule has 1 aromatic carbocycles. The smallest absolute Gasteiger partial charge is 0.255 e. The van der Waals surface area contributed by atoms with E-state index >= 15 is 0 Å². The van der Waals surface area contributed by atoms with Gasteiger partial charge in [-0.3, -0.25) is 4.79 Å². The molecule has 0 aliphatic heterocycles. The van der Waals surface area contributed by atoms with Crippen LogP contribution in [0.1, 0.15) is 33.6 Å². The highest BCUT2D eigenvalue weighted by molar-refractivity contribution is 9.10. The van der Waals surface area contributed by atoms with Gasteiger partial charge >= 0.3 is 0 Å². The van der Waals surface area contributed by atoms with Gasteiger partial charge < -0.3 is 9.66 Å². The van der Waals surface area contributed by atoms with Gasteiger partial charge in [-0.1, -0.05) is 6.07 Å². The standard InChI is InChI=1S/C16H14BrF2N3O/c17-22-15-11(7-10-2-1-3-14(10)21-15)16(23)20-8-9-4-5-12(18)13(19)6-9/h4-7H,1-3,8H2,(H,20,23)(H,21,22). The van der Waals surface area contributed by atoms with Crippen molar-refractivity contribution in [1.29, 1.82) is 0 Å². The lowest BCUT2D eigenvalue weighted by molar-refractivity contribution is 0.0951. The molecule has 2 N–H and O–H groups in total. The molecule has 0 radical (unpaired) electrons. The number of fused-ring (bicyclic) bond motifs is 1. The van der Waals surface area contributed by atoms with Gasteiger partial charge in [0.2, 0.25) is 0 Å². The Balaban J connectivity index is 1.76. The molecule has 23 heavy (non-hydrogen) atoms. The zero-order chi connectivity index (χ0) is 16.4. The fraction of sp³-hybridized carbons (Fsp3) is 0.250. The van der Waals surface area contributed by atoms with E-state index in [9.17, 15) is 13.6 Å². The highest BCUT2D eigenvalue weighted by Gasteiger charge is 2.20. The van der Waals surface area contributed by atoms with Gasteiger partial charge in [-0.15, -0.1) is 0 Å². The van der Waals surface area contributed by atoms with E-state index in [0.29, 0.717) is 16.9 Å². The van der Waals surface area contributed by atoms with Crippen LogP contribution in [0.4, 0.5) is 14.6 Å². The number of benzene rings is 1. The molecule has 1 aliphatic rings. The van der Waals surface area contributed by atoms with Crippen LogP contribution in [0, 0.1) is 11.6 Å². The van der Waals surface area contributed by atoms with Crippen molar-refractivity contribution in [2.75, 3.05) is 4.34 Å². The summed E-state index contributed by atoms with van der Waals surface area (Å²) in [7, 11) is 0. The van der Waals surface area contributed by atoms with Crippen LogP contribution in [-0.4, -0.2) is 10.9 Å². The second-order valence-electron chi connectivity index (χ2n) is 5.37. The molecule has 0 saturated carbocycles. The minimum absolute atomic E-state index is 0.106. The van der Waals surface area contributed by atoms with Crippen molar-refractivity contribution in [3.05, 3.63) is 58.3 Å². The molecule has 0 bridgehead atoms. The van der Waals surface area contributed by atoms with Crippen LogP contribution in [0.3, 0.4) is 0 Å². The maximum Gasteiger partial charge on any atom is 0.255 e. The summed E-state index contributed by atoms with van der Waals surface area (Å²) in [6, 6.07) is 5.38. The lowest BCUT2D eigenvalue weighted by atomic mass is 10.1. The Morgan fingerprint density at radius 2 is 2.04 bits per heavy atom. The average molecular weight is 382 g/mol.